The van der Waals surface area contributed by atoms with Crippen molar-refractivity contribution in [3.05, 3.63) is 83.4 Å². The SMILES string of the molecule is Cc1ccc(NS(=O)(=O)c2cc(C(=O)OCC(=O)N3CC(=O)Nc4ccccc43)ccc2C)cc1. The van der Waals surface area contributed by atoms with Gasteiger partial charge in [0.05, 0.1) is 21.8 Å². The van der Waals surface area contributed by atoms with E-state index in [2.05, 4.69) is 10.0 Å². The molecule has 0 aliphatic carbocycles. The number of carbonyl (C=O) groups excluding carboxylic acids is 3. The van der Waals surface area contributed by atoms with E-state index in [1.807, 2.05) is 6.92 Å². The number of amides is 2. The van der Waals surface area contributed by atoms with Crippen molar-refractivity contribution in [2.24, 2.45) is 0 Å². The Morgan fingerprint density at radius 2 is 1.74 bits per heavy atom. The molecule has 180 valence electrons. The fraction of sp³-hybridized carbons (Fsp3) is 0.160. The molecule has 2 N–H and O–H groups in total. The molecule has 0 atom stereocenters. The molecule has 9 nitrogen and oxygen atoms in total. The van der Waals surface area contributed by atoms with Gasteiger partial charge < -0.3 is 10.1 Å². The maximum Gasteiger partial charge on any atom is 0.338 e. The fourth-order valence-corrected chi connectivity index (χ4v) is 4.92. The number of carbonyl (C=O) groups is 3. The quantitative estimate of drug-likeness (QED) is 0.509. The summed E-state index contributed by atoms with van der Waals surface area (Å²) >= 11 is 0. The van der Waals surface area contributed by atoms with Crippen molar-refractivity contribution in [3.8, 4) is 0 Å². The first kappa shape index (κ1) is 24.0. The molecule has 0 radical (unpaired) electrons. The lowest BCUT2D eigenvalue weighted by atomic mass is 10.1. The standard InChI is InChI=1S/C25H23N3O6S/c1-16-7-11-19(12-8-16)27-35(32,33)22-13-18(10-9-17(22)2)25(31)34-15-24(30)28-14-23(29)26-20-5-3-4-6-21(20)28/h3-13,27H,14-15H2,1-2H3,(H,26,29). The van der Waals surface area contributed by atoms with E-state index in [0.717, 1.165) is 5.56 Å². The molecule has 0 saturated heterocycles. The number of esters is 1. The second-order valence-corrected chi connectivity index (χ2v) is 9.72. The van der Waals surface area contributed by atoms with Gasteiger partial charge in [-0.2, -0.15) is 0 Å². The van der Waals surface area contributed by atoms with Gasteiger partial charge in [-0.05, 0) is 55.8 Å². The summed E-state index contributed by atoms with van der Waals surface area (Å²) in [6.45, 7) is 2.69. The van der Waals surface area contributed by atoms with Gasteiger partial charge in [0.25, 0.3) is 15.9 Å². The van der Waals surface area contributed by atoms with Gasteiger partial charge in [0.2, 0.25) is 5.91 Å². The number of ether oxygens (including phenoxy) is 1. The zero-order valence-corrected chi connectivity index (χ0v) is 19.9. The zero-order valence-electron chi connectivity index (χ0n) is 19.1. The Morgan fingerprint density at radius 3 is 2.49 bits per heavy atom. The van der Waals surface area contributed by atoms with E-state index in [9.17, 15) is 22.8 Å². The van der Waals surface area contributed by atoms with Crippen LogP contribution in [0.4, 0.5) is 17.1 Å². The smallest absolute Gasteiger partial charge is 0.338 e. The number of aryl methyl sites for hydroxylation is 2. The van der Waals surface area contributed by atoms with Gasteiger partial charge in [-0.1, -0.05) is 35.9 Å². The molecular formula is C25H23N3O6S. The first-order valence-corrected chi connectivity index (χ1v) is 12.2. The van der Waals surface area contributed by atoms with Crippen LogP contribution in [0.5, 0.6) is 0 Å². The Kier molecular flexibility index (Phi) is 6.57. The lowest BCUT2D eigenvalue weighted by Gasteiger charge is -2.28. The molecule has 0 saturated carbocycles. The highest BCUT2D eigenvalue weighted by atomic mass is 32.2. The zero-order chi connectivity index (χ0) is 25.2. The number of anilines is 3. The molecule has 3 aromatic rings. The highest BCUT2D eigenvalue weighted by molar-refractivity contribution is 7.92. The molecule has 3 aromatic carbocycles. The van der Waals surface area contributed by atoms with E-state index >= 15 is 0 Å². The van der Waals surface area contributed by atoms with Crippen molar-refractivity contribution >= 4 is 44.9 Å². The van der Waals surface area contributed by atoms with Crippen LogP contribution in [0.25, 0.3) is 0 Å². The molecule has 0 aromatic heterocycles. The van der Waals surface area contributed by atoms with E-state index in [-0.39, 0.29) is 22.9 Å². The Hall–Kier alpha value is -4.18. The number of nitrogens with one attached hydrogen (secondary N) is 2. The van der Waals surface area contributed by atoms with Crippen LogP contribution in [0.3, 0.4) is 0 Å². The molecule has 35 heavy (non-hydrogen) atoms. The summed E-state index contributed by atoms with van der Waals surface area (Å²) in [5.74, 6) is -1.81. The van der Waals surface area contributed by atoms with Crippen LogP contribution >= 0.6 is 0 Å². The number of sulfonamides is 1. The van der Waals surface area contributed by atoms with E-state index in [0.29, 0.717) is 22.6 Å². The van der Waals surface area contributed by atoms with Crippen LogP contribution in [-0.2, 0) is 24.3 Å². The molecule has 1 aliphatic heterocycles. The van der Waals surface area contributed by atoms with E-state index in [4.69, 9.17) is 4.74 Å². The van der Waals surface area contributed by atoms with Crippen LogP contribution in [0.15, 0.2) is 71.6 Å². The minimum atomic E-state index is -3.98. The molecule has 1 aliphatic rings. The summed E-state index contributed by atoms with van der Waals surface area (Å²) in [5.41, 5.74) is 2.77. The van der Waals surface area contributed by atoms with Gasteiger partial charge in [-0.15, -0.1) is 0 Å². The van der Waals surface area contributed by atoms with Crippen LogP contribution in [-0.4, -0.2) is 39.4 Å². The fourth-order valence-electron chi connectivity index (χ4n) is 3.59. The molecule has 0 fully saturated rings. The molecule has 0 unspecified atom stereocenters. The summed E-state index contributed by atoms with van der Waals surface area (Å²) in [4.78, 5) is 38.4. The Bertz CT molecular complexity index is 1420. The first-order chi connectivity index (χ1) is 16.6. The number of benzene rings is 3. The predicted octanol–water partition coefficient (Wildman–Crippen LogP) is 3.25. The number of hydrogen-bond donors (Lipinski definition) is 2. The van der Waals surface area contributed by atoms with Gasteiger partial charge in [-0.25, -0.2) is 13.2 Å². The molecule has 2 amide bonds. The number of hydrogen-bond acceptors (Lipinski definition) is 6. The van der Waals surface area contributed by atoms with E-state index in [1.165, 1.54) is 23.1 Å². The summed E-state index contributed by atoms with van der Waals surface area (Å²) in [7, 11) is -3.98. The third-order valence-electron chi connectivity index (χ3n) is 5.42. The lowest BCUT2D eigenvalue weighted by Crippen LogP contribution is -2.44. The van der Waals surface area contributed by atoms with Gasteiger partial charge in [0.1, 0.15) is 6.54 Å². The second-order valence-electron chi connectivity index (χ2n) is 8.07. The van der Waals surface area contributed by atoms with Crippen molar-refractivity contribution in [3.63, 3.8) is 0 Å². The largest absolute Gasteiger partial charge is 0.452 e. The first-order valence-electron chi connectivity index (χ1n) is 10.7. The monoisotopic (exact) mass is 493 g/mol. The molecule has 0 bridgehead atoms. The Morgan fingerprint density at radius 1 is 1.03 bits per heavy atom. The van der Waals surface area contributed by atoms with Crippen molar-refractivity contribution in [1.29, 1.82) is 0 Å². The number of fused-ring (bicyclic) bond motifs is 1. The third-order valence-corrected chi connectivity index (χ3v) is 6.94. The summed E-state index contributed by atoms with van der Waals surface area (Å²) in [6, 6.07) is 17.8. The molecule has 4 rings (SSSR count). The van der Waals surface area contributed by atoms with Gasteiger partial charge in [0, 0.05) is 5.69 Å². The third kappa shape index (κ3) is 5.33. The number of rotatable bonds is 6. The summed E-state index contributed by atoms with van der Waals surface area (Å²) < 4.78 is 33.5. The van der Waals surface area contributed by atoms with Crippen LogP contribution < -0.4 is 14.9 Å². The molecule has 10 heteroatoms. The molecular weight excluding hydrogens is 470 g/mol. The lowest BCUT2D eigenvalue weighted by molar-refractivity contribution is -0.124. The second kappa shape index (κ2) is 9.59. The minimum Gasteiger partial charge on any atom is -0.452 e. The van der Waals surface area contributed by atoms with Crippen molar-refractivity contribution in [1.82, 2.24) is 0 Å². The predicted molar refractivity (Wildman–Crippen MR) is 131 cm³/mol. The highest BCUT2D eigenvalue weighted by Gasteiger charge is 2.27. The van der Waals surface area contributed by atoms with Crippen LogP contribution in [0.2, 0.25) is 0 Å². The summed E-state index contributed by atoms with van der Waals surface area (Å²) in [5, 5.41) is 2.68. The average Bonchev–Trinajstić information content (AvgIpc) is 2.83. The maximum atomic E-state index is 12.9. The highest BCUT2D eigenvalue weighted by Crippen LogP contribution is 2.29. The topological polar surface area (TPSA) is 122 Å². The van der Waals surface area contributed by atoms with Crippen LogP contribution in [0.1, 0.15) is 21.5 Å². The summed E-state index contributed by atoms with van der Waals surface area (Å²) in [6.07, 6.45) is 0. The van der Waals surface area contributed by atoms with Gasteiger partial charge in [0.15, 0.2) is 6.61 Å². The van der Waals surface area contributed by atoms with Gasteiger partial charge >= 0.3 is 5.97 Å². The average molecular weight is 494 g/mol. The van der Waals surface area contributed by atoms with Crippen LogP contribution in [0, 0.1) is 13.8 Å². The van der Waals surface area contributed by atoms with E-state index in [1.54, 1.807) is 55.5 Å². The van der Waals surface area contributed by atoms with Crippen molar-refractivity contribution < 1.29 is 27.5 Å². The van der Waals surface area contributed by atoms with E-state index < -0.39 is 28.5 Å². The molecule has 0 spiro atoms. The Balaban J connectivity index is 1.48. The van der Waals surface area contributed by atoms with Gasteiger partial charge in [-0.3, -0.25) is 19.2 Å². The van der Waals surface area contributed by atoms with Crippen molar-refractivity contribution in [2.45, 2.75) is 18.7 Å². The normalized spacial score (nSPS) is 13.0. The Labute approximate surface area is 202 Å². The maximum absolute atomic E-state index is 12.9. The molecule has 1 heterocycles. The minimum absolute atomic E-state index is 0.0236. The number of nitrogens with zero attached hydrogens (tertiary/aromatic N) is 1. The number of para-hydroxylation sites is 2. The van der Waals surface area contributed by atoms with Crippen molar-refractivity contribution in [2.75, 3.05) is 28.1 Å².